The minimum Gasteiger partial charge on any atom is -0.288 e. The van der Waals surface area contributed by atoms with E-state index in [4.69, 9.17) is 0 Å². The minimum absolute atomic E-state index is 0. The van der Waals surface area contributed by atoms with E-state index < -0.39 is 4.92 Å². The van der Waals surface area contributed by atoms with E-state index in [2.05, 4.69) is 10.4 Å². The lowest BCUT2D eigenvalue weighted by molar-refractivity contribution is -0.384. The van der Waals surface area contributed by atoms with E-state index in [0.29, 0.717) is 5.69 Å². The average Bonchev–Trinajstić information content (AvgIpc) is 2.71. The molecule has 0 bridgehead atoms. The first kappa shape index (κ1) is 12.0. The predicted molar refractivity (Wildman–Crippen MR) is 61.6 cm³/mol. The van der Waals surface area contributed by atoms with E-state index in [0.717, 1.165) is 0 Å². The lowest BCUT2D eigenvalue weighted by Gasteiger charge is -2.06. The Morgan fingerprint density at radius 1 is 1.38 bits per heavy atom. The van der Waals surface area contributed by atoms with E-state index in [1.807, 2.05) is 12.1 Å². The lowest BCUT2D eigenvalue weighted by Crippen LogP contribution is -2.07. The molecule has 0 radical (unpaired) electrons. The van der Waals surface area contributed by atoms with Crippen molar-refractivity contribution in [1.82, 2.24) is 9.66 Å². The molecule has 2 rings (SSSR count). The lowest BCUT2D eigenvalue weighted by atomic mass is 10.3. The summed E-state index contributed by atoms with van der Waals surface area (Å²) >= 11 is 0. The second-order valence-electron chi connectivity index (χ2n) is 2.85. The molecule has 0 aromatic carbocycles. The van der Waals surface area contributed by atoms with Crippen molar-refractivity contribution in [3.8, 4) is 0 Å². The number of nitro groups is 1. The van der Waals surface area contributed by atoms with Crippen LogP contribution in [0.5, 0.6) is 0 Å². The van der Waals surface area contributed by atoms with E-state index in [-0.39, 0.29) is 18.1 Å². The molecule has 16 heavy (non-hydrogen) atoms. The maximum atomic E-state index is 10.7. The maximum Gasteiger partial charge on any atom is 0.312 e. The zero-order valence-electron chi connectivity index (χ0n) is 8.11. The number of anilines is 1. The maximum absolute atomic E-state index is 10.7. The largest absolute Gasteiger partial charge is 0.312 e. The van der Waals surface area contributed by atoms with Gasteiger partial charge in [0.1, 0.15) is 11.9 Å². The van der Waals surface area contributed by atoms with Gasteiger partial charge in [-0.1, -0.05) is 0 Å². The first-order valence-electron chi connectivity index (χ1n) is 4.26. The first-order chi connectivity index (χ1) is 7.27. The number of aromatic nitrogens is 2. The van der Waals surface area contributed by atoms with Gasteiger partial charge in [0.15, 0.2) is 0 Å². The van der Waals surface area contributed by atoms with Crippen LogP contribution in [-0.2, 0) is 0 Å². The summed E-state index contributed by atoms with van der Waals surface area (Å²) in [5, 5.41) is 10.7. The van der Waals surface area contributed by atoms with E-state index in [1.54, 1.807) is 23.1 Å². The summed E-state index contributed by atoms with van der Waals surface area (Å²) in [6.07, 6.45) is 6.22. The van der Waals surface area contributed by atoms with Crippen molar-refractivity contribution < 1.29 is 4.92 Å². The van der Waals surface area contributed by atoms with Crippen molar-refractivity contribution in [2.24, 2.45) is 0 Å². The normalized spacial score (nSPS) is 9.25. The van der Waals surface area contributed by atoms with Crippen LogP contribution >= 0.6 is 12.4 Å². The highest BCUT2D eigenvalue weighted by Crippen LogP contribution is 2.21. The highest BCUT2D eigenvalue weighted by Gasteiger charge is 2.12. The van der Waals surface area contributed by atoms with Gasteiger partial charge in [0.05, 0.1) is 4.92 Å². The van der Waals surface area contributed by atoms with Crippen LogP contribution in [0, 0.1) is 10.1 Å². The molecule has 0 unspecified atom stereocenters. The Balaban J connectivity index is 0.00000128. The van der Waals surface area contributed by atoms with Crippen LogP contribution in [0.4, 0.5) is 11.4 Å². The zero-order chi connectivity index (χ0) is 10.7. The van der Waals surface area contributed by atoms with Gasteiger partial charge in [-0.05, 0) is 18.2 Å². The van der Waals surface area contributed by atoms with Gasteiger partial charge in [0, 0.05) is 18.6 Å². The molecule has 2 heterocycles. The minimum atomic E-state index is -0.473. The highest BCUT2D eigenvalue weighted by molar-refractivity contribution is 5.85. The van der Waals surface area contributed by atoms with Crippen molar-refractivity contribution in [3.63, 3.8) is 0 Å². The third kappa shape index (κ3) is 2.48. The van der Waals surface area contributed by atoms with E-state index in [1.165, 1.54) is 12.4 Å². The summed E-state index contributed by atoms with van der Waals surface area (Å²) < 4.78 is 1.63. The van der Waals surface area contributed by atoms with Crippen molar-refractivity contribution in [2.45, 2.75) is 0 Å². The fourth-order valence-electron chi connectivity index (χ4n) is 1.17. The second kappa shape index (κ2) is 5.13. The van der Waals surface area contributed by atoms with Crippen molar-refractivity contribution in [2.75, 3.05) is 5.43 Å². The SMILES string of the molecule is Cl.O=[N+]([O-])c1cnccc1Nn1cccc1. The zero-order valence-corrected chi connectivity index (χ0v) is 8.92. The Kier molecular flexibility index (Phi) is 3.84. The summed E-state index contributed by atoms with van der Waals surface area (Å²) in [4.78, 5) is 13.9. The molecule has 7 heteroatoms. The third-order valence-corrected chi connectivity index (χ3v) is 1.85. The Morgan fingerprint density at radius 3 is 2.69 bits per heavy atom. The van der Waals surface area contributed by atoms with Gasteiger partial charge in [0.2, 0.25) is 0 Å². The molecule has 0 saturated heterocycles. The van der Waals surface area contributed by atoms with Crippen LogP contribution in [0.15, 0.2) is 43.0 Å². The summed E-state index contributed by atoms with van der Waals surface area (Å²) in [7, 11) is 0. The molecule has 1 N–H and O–H groups in total. The molecule has 0 spiro atoms. The monoisotopic (exact) mass is 240 g/mol. The average molecular weight is 241 g/mol. The first-order valence-corrected chi connectivity index (χ1v) is 4.26. The standard InChI is InChI=1S/C9H8N4O2.ClH/c14-13(15)9-7-10-4-3-8(9)11-12-5-1-2-6-12;/h1-7H,(H,10,11);1H. The number of nitrogens with zero attached hydrogens (tertiary/aromatic N) is 3. The molecular formula is C9H9ClN4O2. The van der Waals surface area contributed by atoms with Crippen LogP contribution in [-0.4, -0.2) is 14.6 Å². The molecule has 2 aromatic rings. The van der Waals surface area contributed by atoms with Gasteiger partial charge >= 0.3 is 5.69 Å². The number of hydrogen-bond acceptors (Lipinski definition) is 4. The van der Waals surface area contributed by atoms with Crippen molar-refractivity contribution in [3.05, 3.63) is 53.1 Å². The van der Waals surface area contributed by atoms with Crippen LogP contribution in [0.25, 0.3) is 0 Å². The third-order valence-electron chi connectivity index (χ3n) is 1.85. The number of hydrogen-bond donors (Lipinski definition) is 1. The summed E-state index contributed by atoms with van der Waals surface area (Å²) in [5.41, 5.74) is 3.23. The summed E-state index contributed by atoms with van der Waals surface area (Å²) in [6, 6.07) is 5.19. The van der Waals surface area contributed by atoms with Gasteiger partial charge < -0.3 is 0 Å². The Morgan fingerprint density at radius 2 is 2.06 bits per heavy atom. The highest BCUT2D eigenvalue weighted by atomic mass is 35.5. The molecular weight excluding hydrogens is 232 g/mol. The Bertz CT molecular complexity index is 472. The molecule has 0 amide bonds. The summed E-state index contributed by atoms with van der Waals surface area (Å²) in [5.74, 6) is 0. The number of pyridine rings is 1. The van der Waals surface area contributed by atoms with E-state index in [9.17, 15) is 10.1 Å². The molecule has 0 aliphatic carbocycles. The molecule has 0 aliphatic heterocycles. The molecule has 0 aliphatic rings. The molecule has 0 fully saturated rings. The van der Waals surface area contributed by atoms with Crippen LogP contribution in [0.3, 0.4) is 0 Å². The fourth-order valence-corrected chi connectivity index (χ4v) is 1.17. The molecule has 84 valence electrons. The molecule has 6 nitrogen and oxygen atoms in total. The van der Waals surface area contributed by atoms with Crippen LogP contribution < -0.4 is 5.43 Å². The van der Waals surface area contributed by atoms with Gasteiger partial charge in [-0.2, -0.15) is 0 Å². The summed E-state index contributed by atoms with van der Waals surface area (Å²) in [6.45, 7) is 0. The number of rotatable bonds is 3. The van der Waals surface area contributed by atoms with Crippen LogP contribution in [0.1, 0.15) is 0 Å². The Labute approximate surface area is 97.5 Å². The topological polar surface area (TPSA) is 73.0 Å². The second-order valence-corrected chi connectivity index (χ2v) is 2.85. The number of nitrogens with one attached hydrogen (secondary N) is 1. The van der Waals surface area contributed by atoms with Gasteiger partial charge in [-0.25, -0.2) is 0 Å². The quantitative estimate of drug-likeness (QED) is 0.659. The molecule has 0 atom stereocenters. The smallest absolute Gasteiger partial charge is 0.288 e. The van der Waals surface area contributed by atoms with Crippen LogP contribution in [0.2, 0.25) is 0 Å². The van der Waals surface area contributed by atoms with Gasteiger partial charge in [-0.3, -0.25) is 25.2 Å². The van der Waals surface area contributed by atoms with Gasteiger partial charge in [-0.15, -0.1) is 12.4 Å². The van der Waals surface area contributed by atoms with Gasteiger partial charge in [0.25, 0.3) is 0 Å². The predicted octanol–water partition coefficient (Wildman–Crippen LogP) is 2.09. The number of halogens is 1. The van der Waals surface area contributed by atoms with E-state index >= 15 is 0 Å². The Hall–Kier alpha value is -2.08. The molecule has 0 saturated carbocycles. The van der Waals surface area contributed by atoms with Crippen molar-refractivity contribution in [1.29, 1.82) is 0 Å². The van der Waals surface area contributed by atoms with Crippen molar-refractivity contribution >= 4 is 23.8 Å². The fraction of sp³-hybridized carbons (Fsp3) is 0. The molecule has 2 aromatic heterocycles.